The molecule has 2 aromatic carbocycles. The molecule has 4 rings (SSSR count). The van der Waals surface area contributed by atoms with Gasteiger partial charge in [-0.05, 0) is 37.1 Å². The Bertz CT molecular complexity index is 1090. The number of para-hydroxylation sites is 1. The predicted molar refractivity (Wildman–Crippen MR) is 121 cm³/mol. The Kier molecular flexibility index (Phi) is 5.79. The molecule has 8 heteroatoms. The molecule has 0 saturated carbocycles. The van der Waals surface area contributed by atoms with Crippen LogP contribution < -0.4 is 19.7 Å². The number of piperazine rings is 1. The quantitative estimate of drug-likeness (QED) is 0.693. The number of urea groups is 1. The lowest BCUT2D eigenvalue weighted by molar-refractivity contribution is 0.208. The summed E-state index contributed by atoms with van der Waals surface area (Å²) in [5.74, 6) is 1.25. The van der Waals surface area contributed by atoms with Crippen molar-refractivity contribution in [3.05, 3.63) is 47.5 Å². The third-order valence-corrected chi connectivity index (χ3v) is 5.58. The number of rotatable bonds is 4. The van der Waals surface area contributed by atoms with E-state index in [9.17, 15) is 4.79 Å². The average Bonchev–Trinajstić information content (AvgIpc) is 2.78. The highest BCUT2D eigenvalue weighted by Gasteiger charge is 2.24. The number of amides is 2. The fourth-order valence-corrected chi connectivity index (χ4v) is 3.99. The normalized spacial score (nSPS) is 13.9. The zero-order valence-electron chi connectivity index (χ0n) is 18.3. The van der Waals surface area contributed by atoms with Crippen molar-refractivity contribution in [1.82, 2.24) is 14.9 Å². The molecule has 0 radical (unpaired) electrons. The number of nitrogens with one attached hydrogen (secondary N) is 1. The first-order valence-electron chi connectivity index (χ1n) is 10.3. The summed E-state index contributed by atoms with van der Waals surface area (Å²) in [4.78, 5) is 26.1. The smallest absolute Gasteiger partial charge is 0.323 e. The van der Waals surface area contributed by atoms with E-state index in [4.69, 9.17) is 9.47 Å². The first-order valence-corrected chi connectivity index (χ1v) is 10.3. The monoisotopic (exact) mass is 421 g/mol. The summed E-state index contributed by atoms with van der Waals surface area (Å²) in [6.07, 6.45) is 0. The molecule has 1 aliphatic heterocycles. The lowest BCUT2D eigenvalue weighted by atomic mass is 10.1. The fraction of sp³-hybridized carbons (Fsp3) is 0.348. The number of nitrogens with zero attached hydrogens (tertiary/aromatic N) is 4. The Balaban J connectivity index is 1.48. The van der Waals surface area contributed by atoms with Crippen LogP contribution in [0.5, 0.6) is 11.6 Å². The van der Waals surface area contributed by atoms with Crippen molar-refractivity contribution < 1.29 is 14.3 Å². The molecule has 0 aliphatic carbocycles. The van der Waals surface area contributed by atoms with Gasteiger partial charge in [0.15, 0.2) is 5.82 Å². The zero-order chi connectivity index (χ0) is 22.0. The zero-order valence-corrected chi connectivity index (χ0v) is 18.3. The van der Waals surface area contributed by atoms with Gasteiger partial charge in [0.25, 0.3) is 5.88 Å². The summed E-state index contributed by atoms with van der Waals surface area (Å²) in [6, 6.07) is 11.5. The maximum absolute atomic E-state index is 12.9. The van der Waals surface area contributed by atoms with Crippen LogP contribution in [0.4, 0.5) is 16.3 Å². The number of hydrogen-bond acceptors (Lipinski definition) is 6. The standard InChI is InChI=1S/C23H27N5O3/c1-15-6-5-7-16(2)20(15)27-10-12-28(13-11-27)23(29)26-21-22(31-4)25-18-9-8-17(30-3)14-19(18)24-21/h5-9,14H,10-13H2,1-4H3,(H,24,26,29). The van der Waals surface area contributed by atoms with Crippen molar-refractivity contribution in [2.45, 2.75) is 13.8 Å². The number of aromatic nitrogens is 2. The number of methoxy groups -OCH3 is 2. The molecular weight excluding hydrogens is 394 g/mol. The van der Waals surface area contributed by atoms with E-state index in [1.165, 1.54) is 23.9 Å². The Morgan fingerprint density at radius 2 is 1.65 bits per heavy atom. The van der Waals surface area contributed by atoms with E-state index in [0.717, 1.165) is 13.1 Å². The molecule has 1 fully saturated rings. The summed E-state index contributed by atoms with van der Waals surface area (Å²) < 4.78 is 10.6. The highest BCUT2D eigenvalue weighted by molar-refractivity contribution is 5.91. The van der Waals surface area contributed by atoms with E-state index in [0.29, 0.717) is 35.7 Å². The van der Waals surface area contributed by atoms with E-state index >= 15 is 0 Å². The summed E-state index contributed by atoms with van der Waals surface area (Å²) in [7, 11) is 3.11. The van der Waals surface area contributed by atoms with E-state index in [2.05, 4.69) is 52.2 Å². The summed E-state index contributed by atoms with van der Waals surface area (Å²) >= 11 is 0. The van der Waals surface area contributed by atoms with Crippen LogP contribution in [0.2, 0.25) is 0 Å². The first-order chi connectivity index (χ1) is 15.0. The maximum Gasteiger partial charge on any atom is 0.323 e. The lowest BCUT2D eigenvalue weighted by Crippen LogP contribution is -2.50. The van der Waals surface area contributed by atoms with Gasteiger partial charge in [-0.2, -0.15) is 0 Å². The number of hydrogen-bond donors (Lipinski definition) is 1. The number of benzene rings is 2. The Hall–Kier alpha value is -3.55. The Morgan fingerprint density at radius 3 is 2.29 bits per heavy atom. The molecule has 0 unspecified atom stereocenters. The highest BCUT2D eigenvalue weighted by Crippen LogP contribution is 2.27. The molecule has 1 saturated heterocycles. The van der Waals surface area contributed by atoms with Crippen LogP contribution in [-0.4, -0.2) is 61.3 Å². The van der Waals surface area contributed by atoms with Crippen LogP contribution in [0.25, 0.3) is 11.0 Å². The number of fused-ring (bicyclic) bond motifs is 1. The van der Waals surface area contributed by atoms with Gasteiger partial charge < -0.3 is 19.3 Å². The van der Waals surface area contributed by atoms with Crippen LogP contribution in [0.15, 0.2) is 36.4 Å². The van der Waals surface area contributed by atoms with Crippen molar-refractivity contribution in [3.8, 4) is 11.6 Å². The van der Waals surface area contributed by atoms with Crippen LogP contribution in [0, 0.1) is 13.8 Å². The minimum atomic E-state index is -0.212. The van der Waals surface area contributed by atoms with Crippen LogP contribution >= 0.6 is 0 Å². The second-order valence-corrected chi connectivity index (χ2v) is 7.58. The Labute approximate surface area is 181 Å². The van der Waals surface area contributed by atoms with E-state index < -0.39 is 0 Å². The highest BCUT2D eigenvalue weighted by atomic mass is 16.5. The van der Waals surface area contributed by atoms with Gasteiger partial charge in [-0.1, -0.05) is 18.2 Å². The molecule has 31 heavy (non-hydrogen) atoms. The molecule has 2 amide bonds. The van der Waals surface area contributed by atoms with Gasteiger partial charge in [0, 0.05) is 37.9 Å². The third kappa shape index (κ3) is 4.19. The molecule has 1 N–H and O–H groups in total. The second-order valence-electron chi connectivity index (χ2n) is 7.58. The largest absolute Gasteiger partial charge is 0.497 e. The molecule has 2 heterocycles. The molecule has 8 nitrogen and oxygen atoms in total. The first kappa shape index (κ1) is 20.7. The van der Waals surface area contributed by atoms with Crippen LogP contribution in [0.3, 0.4) is 0 Å². The van der Waals surface area contributed by atoms with Gasteiger partial charge in [0.2, 0.25) is 0 Å². The van der Waals surface area contributed by atoms with Crippen molar-refractivity contribution in [2.75, 3.05) is 50.6 Å². The topological polar surface area (TPSA) is 79.8 Å². The molecule has 0 atom stereocenters. The molecule has 1 aliphatic rings. The second kappa shape index (κ2) is 8.67. The van der Waals surface area contributed by atoms with E-state index in [1.54, 1.807) is 18.1 Å². The number of aryl methyl sites for hydroxylation is 2. The van der Waals surface area contributed by atoms with Gasteiger partial charge in [-0.15, -0.1) is 0 Å². The van der Waals surface area contributed by atoms with Gasteiger partial charge in [0.1, 0.15) is 5.75 Å². The molecule has 162 valence electrons. The SMILES string of the molecule is COc1ccc2nc(OC)c(NC(=O)N3CCN(c4c(C)cccc4C)CC3)nc2c1. The van der Waals surface area contributed by atoms with Crippen LogP contribution in [-0.2, 0) is 0 Å². The number of carbonyl (C=O) groups is 1. The minimum Gasteiger partial charge on any atom is -0.497 e. The number of anilines is 2. The molecule has 0 spiro atoms. The Morgan fingerprint density at radius 1 is 0.935 bits per heavy atom. The van der Waals surface area contributed by atoms with E-state index in [1.807, 2.05) is 12.1 Å². The van der Waals surface area contributed by atoms with Crippen molar-refractivity contribution in [3.63, 3.8) is 0 Å². The summed E-state index contributed by atoms with van der Waals surface area (Å²) in [5, 5.41) is 2.87. The summed E-state index contributed by atoms with van der Waals surface area (Å²) in [5.41, 5.74) is 5.06. The van der Waals surface area contributed by atoms with Crippen molar-refractivity contribution in [1.29, 1.82) is 0 Å². The van der Waals surface area contributed by atoms with Crippen molar-refractivity contribution in [2.24, 2.45) is 0 Å². The average molecular weight is 422 g/mol. The summed E-state index contributed by atoms with van der Waals surface area (Å²) in [6.45, 7) is 7.05. The van der Waals surface area contributed by atoms with E-state index in [-0.39, 0.29) is 11.9 Å². The maximum atomic E-state index is 12.9. The fourth-order valence-electron chi connectivity index (χ4n) is 3.99. The third-order valence-electron chi connectivity index (χ3n) is 5.58. The number of carbonyl (C=O) groups excluding carboxylic acids is 1. The molecular formula is C23H27N5O3. The predicted octanol–water partition coefficient (Wildman–Crippen LogP) is 3.62. The van der Waals surface area contributed by atoms with Crippen molar-refractivity contribution >= 4 is 28.6 Å². The van der Waals surface area contributed by atoms with Gasteiger partial charge in [-0.3, -0.25) is 5.32 Å². The molecule has 1 aromatic heterocycles. The van der Waals surface area contributed by atoms with Gasteiger partial charge in [0.05, 0.1) is 25.3 Å². The molecule has 0 bridgehead atoms. The minimum absolute atomic E-state index is 0.212. The van der Waals surface area contributed by atoms with Gasteiger partial charge >= 0.3 is 6.03 Å². The lowest BCUT2D eigenvalue weighted by Gasteiger charge is -2.37. The van der Waals surface area contributed by atoms with Gasteiger partial charge in [-0.25, -0.2) is 14.8 Å². The molecule has 3 aromatic rings. The number of ether oxygens (including phenoxy) is 2. The van der Waals surface area contributed by atoms with Crippen LogP contribution in [0.1, 0.15) is 11.1 Å².